The molecule has 3 aromatic rings. The lowest BCUT2D eigenvalue weighted by Gasteiger charge is -2.30. The first kappa shape index (κ1) is 25.5. The van der Waals surface area contributed by atoms with Crippen molar-refractivity contribution in [1.29, 1.82) is 0 Å². The zero-order valence-corrected chi connectivity index (χ0v) is 20.7. The summed E-state index contributed by atoms with van der Waals surface area (Å²) in [6.45, 7) is 7.46. The van der Waals surface area contributed by atoms with Gasteiger partial charge >= 0.3 is 0 Å². The molecule has 0 radical (unpaired) electrons. The molecule has 188 valence electrons. The highest BCUT2D eigenvalue weighted by Gasteiger charge is 2.36. The smallest absolute Gasteiger partial charge is 0.269 e. The number of nitro groups is 1. The maximum absolute atomic E-state index is 14.5. The number of hydrogen-bond acceptors (Lipinski definition) is 4. The van der Waals surface area contributed by atoms with Gasteiger partial charge in [-0.15, -0.1) is 0 Å². The van der Waals surface area contributed by atoms with Crippen molar-refractivity contribution >= 4 is 11.6 Å². The van der Waals surface area contributed by atoms with Gasteiger partial charge in [0.2, 0.25) is 0 Å². The number of likely N-dealkylation sites (tertiary alicyclic amines) is 1. The van der Waals surface area contributed by atoms with Crippen molar-refractivity contribution in [2.45, 2.75) is 26.3 Å². The highest BCUT2D eigenvalue weighted by atomic mass is 19.1. The van der Waals surface area contributed by atoms with Crippen molar-refractivity contribution in [3.8, 4) is 0 Å². The number of nitro benzene ring substituents is 1. The van der Waals surface area contributed by atoms with Crippen molar-refractivity contribution in [2.24, 2.45) is 11.8 Å². The molecule has 0 unspecified atom stereocenters. The van der Waals surface area contributed by atoms with Gasteiger partial charge in [-0.25, -0.2) is 4.39 Å². The van der Waals surface area contributed by atoms with Crippen LogP contribution in [0.2, 0.25) is 0 Å². The van der Waals surface area contributed by atoms with Crippen LogP contribution >= 0.6 is 0 Å². The highest BCUT2D eigenvalue weighted by Crippen LogP contribution is 2.34. The number of halogens is 1. The molecule has 2 atom stereocenters. The van der Waals surface area contributed by atoms with Crippen molar-refractivity contribution in [2.75, 3.05) is 26.2 Å². The summed E-state index contributed by atoms with van der Waals surface area (Å²) in [5, 5.41) is 11.0. The van der Waals surface area contributed by atoms with E-state index in [0.29, 0.717) is 19.6 Å². The molecule has 0 bridgehead atoms. The average molecular weight is 490 g/mol. The number of carbonyl (C=O) groups excluding carboxylic acids is 1. The minimum atomic E-state index is -0.498. The average Bonchev–Trinajstić information content (AvgIpc) is 3.26. The first-order valence-electron chi connectivity index (χ1n) is 12.4. The molecule has 0 aromatic heterocycles. The lowest BCUT2D eigenvalue weighted by atomic mass is 9.88. The first-order valence-corrected chi connectivity index (χ1v) is 12.4. The van der Waals surface area contributed by atoms with Crippen molar-refractivity contribution in [3.05, 3.63) is 111 Å². The van der Waals surface area contributed by atoms with Crippen LogP contribution in [0.15, 0.2) is 78.9 Å². The fourth-order valence-corrected chi connectivity index (χ4v) is 5.10. The summed E-state index contributed by atoms with van der Waals surface area (Å²) in [4.78, 5) is 28.2. The SMILES string of the molecule is CC(C)CN(C[C@@H]1CN(Cc2ccc([N+](=O)[O-])cc2)C[C@@H]1c1ccccc1)C(=O)c1ccccc1F. The lowest BCUT2D eigenvalue weighted by Crippen LogP contribution is -2.40. The Labute approximate surface area is 211 Å². The summed E-state index contributed by atoms with van der Waals surface area (Å²) in [5.74, 6) is -0.148. The van der Waals surface area contributed by atoms with Gasteiger partial charge in [-0.1, -0.05) is 68.4 Å². The second-order valence-electron chi connectivity index (χ2n) is 9.98. The van der Waals surface area contributed by atoms with E-state index in [-0.39, 0.29) is 34.9 Å². The normalized spacial score (nSPS) is 17.9. The van der Waals surface area contributed by atoms with E-state index < -0.39 is 10.7 Å². The van der Waals surface area contributed by atoms with E-state index >= 15 is 0 Å². The van der Waals surface area contributed by atoms with E-state index in [1.54, 1.807) is 35.2 Å². The van der Waals surface area contributed by atoms with Gasteiger partial charge in [0.1, 0.15) is 5.82 Å². The molecule has 3 aromatic carbocycles. The Morgan fingerprint density at radius 2 is 1.69 bits per heavy atom. The highest BCUT2D eigenvalue weighted by molar-refractivity contribution is 5.94. The number of non-ortho nitro benzene ring substituents is 1. The van der Waals surface area contributed by atoms with Crippen molar-refractivity contribution in [1.82, 2.24) is 9.80 Å². The van der Waals surface area contributed by atoms with Crippen LogP contribution in [0.3, 0.4) is 0 Å². The van der Waals surface area contributed by atoms with Gasteiger partial charge < -0.3 is 4.90 Å². The fraction of sp³-hybridized carbons (Fsp3) is 0.345. The second-order valence-corrected chi connectivity index (χ2v) is 9.98. The maximum atomic E-state index is 14.5. The van der Waals surface area contributed by atoms with E-state index in [0.717, 1.165) is 18.7 Å². The minimum Gasteiger partial charge on any atom is -0.338 e. The zero-order chi connectivity index (χ0) is 25.7. The van der Waals surface area contributed by atoms with Gasteiger partial charge in [-0.2, -0.15) is 0 Å². The van der Waals surface area contributed by atoms with Gasteiger partial charge in [0.25, 0.3) is 11.6 Å². The van der Waals surface area contributed by atoms with Crippen LogP contribution in [-0.4, -0.2) is 46.8 Å². The summed E-state index contributed by atoms with van der Waals surface area (Å²) in [6.07, 6.45) is 0. The van der Waals surface area contributed by atoms with E-state index in [2.05, 4.69) is 30.9 Å². The lowest BCUT2D eigenvalue weighted by molar-refractivity contribution is -0.384. The largest absolute Gasteiger partial charge is 0.338 e. The monoisotopic (exact) mass is 489 g/mol. The molecule has 4 rings (SSSR count). The van der Waals surface area contributed by atoms with Gasteiger partial charge in [0.15, 0.2) is 0 Å². The molecular formula is C29H32FN3O3. The second kappa shape index (κ2) is 11.4. The summed E-state index contributed by atoms with van der Waals surface area (Å²) in [6, 6.07) is 23.1. The molecule has 1 aliphatic rings. The summed E-state index contributed by atoms with van der Waals surface area (Å²) in [5.41, 5.74) is 2.41. The number of rotatable bonds is 9. The first-order chi connectivity index (χ1) is 17.3. The van der Waals surface area contributed by atoms with Crippen LogP contribution in [0.1, 0.15) is 41.3 Å². The zero-order valence-electron chi connectivity index (χ0n) is 20.7. The molecule has 1 amide bonds. The molecule has 0 saturated carbocycles. The van der Waals surface area contributed by atoms with E-state index in [4.69, 9.17) is 0 Å². The molecule has 1 heterocycles. The molecule has 1 aliphatic heterocycles. The third-order valence-electron chi connectivity index (χ3n) is 6.73. The number of nitrogens with zero attached hydrogens (tertiary/aromatic N) is 3. The fourth-order valence-electron chi connectivity index (χ4n) is 5.10. The molecule has 0 N–H and O–H groups in total. The Kier molecular flexibility index (Phi) is 8.10. The van der Waals surface area contributed by atoms with Crippen LogP contribution in [-0.2, 0) is 6.54 Å². The van der Waals surface area contributed by atoms with Gasteiger partial charge in [-0.05, 0) is 35.1 Å². The van der Waals surface area contributed by atoms with Crippen molar-refractivity contribution in [3.63, 3.8) is 0 Å². The summed E-state index contributed by atoms with van der Waals surface area (Å²) in [7, 11) is 0. The quantitative estimate of drug-likeness (QED) is 0.284. The van der Waals surface area contributed by atoms with Crippen LogP contribution in [0.5, 0.6) is 0 Å². The minimum absolute atomic E-state index is 0.0798. The van der Waals surface area contributed by atoms with Crippen LogP contribution < -0.4 is 0 Å². The number of benzene rings is 3. The Morgan fingerprint density at radius 3 is 2.33 bits per heavy atom. The predicted octanol–water partition coefficient (Wildman–Crippen LogP) is 5.75. The molecule has 0 aliphatic carbocycles. The van der Waals surface area contributed by atoms with Gasteiger partial charge in [0, 0.05) is 50.8 Å². The summed E-state index contributed by atoms with van der Waals surface area (Å²) < 4.78 is 14.5. The van der Waals surface area contributed by atoms with Crippen LogP contribution in [0.25, 0.3) is 0 Å². The molecular weight excluding hydrogens is 457 g/mol. The summed E-state index contributed by atoms with van der Waals surface area (Å²) >= 11 is 0. The van der Waals surface area contributed by atoms with Gasteiger partial charge in [-0.3, -0.25) is 19.8 Å². The third-order valence-corrected chi connectivity index (χ3v) is 6.73. The predicted molar refractivity (Wildman–Crippen MR) is 138 cm³/mol. The number of hydrogen-bond donors (Lipinski definition) is 0. The van der Waals surface area contributed by atoms with E-state index in [9.17, 15) is 19.3 Å². The van der Waals surface area contributed by atoms with E-state index in [1.165, 1.54) is 23.8 Å². The Hall–Kier alpha value is -3.58. The van der Waals surface area contributed by atoms with Crippen molar-refractivity contribution < 1.29 is 14.1 Å². The number of carbonyl (C=O) groups is 1. The maximum Gasteiger partial charge on any atom is 0.269 e. The molecule has 1 saturated heterocycles. The topological polar surface area (TPSA) is 66.7 Å². The van der Waals surface area contributed by atoms with Gasteiger partial charge in [0.05, 0.1) is 10.5 Å². The molecule has 7 heteroatoms. The Bertz CT molecular complexity index is 1180. The molecule has 6 nitrogen and oxygen atoms in total. The molecule has 36 heavy (non-hydrogen) atoms. The Balaban J connectivity index is 1.56. The Morgan fingerprint density at radius 1 is 1.03 bits per heavy atom. The molecule has 1 fully saturated rings. The van der Waals surface area contributed by atoms with Crippen LogP contribution in [0, 0.1) is 27.8 Å². The van der Waals surface area contributed by atoms with E-state index in [1.807, 2.05) is 18.2 Å². The standard InChI is InChI=1S/C29H32FN3O3/c1-21(2)16-32(29(34)26-10-6-7-11-28(26)30)19-24-18-31(20-27(24)23-8-4-3-5-9-23)17-22-12-14-25(15-13-22)33(35)36/h3-15,21,24,27H,16-20H2,1-2H3/t24-,27+/m0/s1. The number of amides is 1. The van der Waals surface area contributed by atoms with Crippen LogP contribution in [0.4, 0.5) is 10.1 Å². The third kappa shape index (κ3) is 6.15. The molecule has 0 spiro atoms.